The minimum atomic E-state index is -2.20. The number of Topliss-reactive ketones (excluding diaryl/α,β-unsaturated/α-hetero) is 1. The second-order valence-corrected chi connectivity index (χ2v) is 16.7. The molecular weight excluding hydrogens is 392 g/mol. The number of allylic oxidation sites excluding steroid dienone is 1. The van der Waals surface area contributed by atoms with E-state index in [1.165, 1.54) is 11.1 Å². The van der Waals surface area contributed by atoms with E-state index in [1.54, 1.807) is 0 Å². The van der Waals surface area contributed by atoms with E-state index in [9.17, 15) is 4.79 Å². The molecule has 0 aromatic rings. The predicted octanol–water partition coefficient (Wildman–Crippen LogP) is 6.41. The maximum Gasteiger partial charge on any atom is 0.201 e. The van der Waals surface area contributed by atoms with Gasteiger partial charge in [-0.1, -0.05) is 61.0 Å². The molecule has 1 saturated heterocycles. The van der Waals surface area contributed by atoms with Crippen LogP contribution in [0.1, 0.15) is 88.0 Å². The maximum atomic E-state index is 13.7. The SMILES string of the molecule is CC1=C2[C@H](O[Si](C(C)C)(C(C)C)C(C)C)C(=O)CCC3(OCCO3)C(CC1)C2(C)C. The lowest BCUT2D eigenvalue weighted by molar-refractivity contribution is -0.227. The predicted molar refractivity (Wildman–Crippen MR) is 124 cm³/mol. The van der Waals surface area contributed by atoms with E-state index in [0.717, 1.165) is 12.8 Å². The van der Waals surface area contributed by atoms with Gasteiger partial charge < -0.3 is 13.9 Å². The first kappa shape index (κ1) is 24.2. The first-order valence-electron chi connectivity index (χ1n) is 12.1. The lowest BCUT2D eigenvalue weighted by atomic mass is 9.59. The first-order valence-corrected chi connectivity index (χ1v) is 14.2. The molecule has 2 fully saturated rings. The number of ketones is 1. The molecule has 0 amide bonds. The molecule has 0 N–H and O–H groups in total. The van der Waals surface area contributed by atoms with Gasteiger partial charge in [-0.3, -0.25) is 4.79 Å². The van der Waals surface area contributed by atoms with Crippen LogP contribution in [-0.2, 0) is 18.7 Å². The zero-order valence-electron chi connectivity index (χ0n) is 20.8. The standard InChI is InChI=1S/C25H44O4Si/c1-16(2)30(17(3)4,18(5)6)29-23-20(26)12-13-25(27-14-15-28-25)21-11-10-19(7)22(23)24(21,8)9/h16-18,21,23H,10-15H2,1-9H3/t21?,23-/m1/s1. The third-order valence-electron chi connectivity index (χ3n) is 8.44. The average molecular weight is 437 g/mol. The molecule has 2 aliphatic carbocycles. The highest BCUT2D eigenvalue weighted by Gasteiger charge is 2.58. The van der Waals surface area contributed by atoms with E-state index in [4.69, 9.17) is 13.9 Å². The fraction of sp³-hybridized carbons (Fsp3) is 0.880. The van der Waals surface area contributed by atoms with Crippen LogP contribution in [0.3, 0.4) is 0 Å². The van der Waals surface area contributed by atoms with Gasteiger partial charge in [0.25, 0.3) is 0 Å². The third-order valence-corrected chi connectivity index (χ3v) is 14.5. The van der Waals surface area contributed by atoms with Gasteiger partial charge in [-0.2, -0.15) is 0 Å². The molecule has 2 atom stereocenters. The summed E-state index contributed by atoms with van der Waals surface area (Å²) in [5, 5.41) is 0. The molecule has 172 valence electrons. The number of hydrogen-bond donors (Lipinski definition) is 0. The second-order valence-electron chi connectivity index (χ2n) is 11.3. The van der Waals surface area contributed by atoms with Gasteiger partial charge in [0.05, 0.1) is 13.2 Å². The molecule has 0 aromatic carbocycles. The molecule has 1 aliphatic heterocycles. The highest BCUT2D eigenvalue weighted by Crippen LogP contribution is 2.56. The van der Waals surface area contributed by atoms with E-state index in [0.29, 0.717) is 42.7 Å². The highest BCUT2D eigenvalue weighted by atomic mass is 28.4. The van der Waals surface area contributed by atoms with Crippen molar-refractivity contribution in [2.24, 2.45) is 11.3 Å². The molecule has 30 heavy (non-hydrogen) atoms. The Morgan fingerprint density at radius 3 is 2.00 bits per heavy atom. The Morgan fingerprint density at radius 2 is 1.50 bits per heavy atom. The Bertz CT molecular complexity index is 663. The summed E-state index contributed by atoms with van der Waals surface area (Å²) in [6.07, 6.45) is 2.73. The van der Waals surface area contributed by atoms with E-state index in [1.807, 2.05) is 0 Å². The Morgan fingerprint density at radius 1 is 0.967 bits per heavy atom. The Labute approximate surface area is 185 Å². The largest absolute Gasteiger partial charge is 0.402 e. The maximum absolute atomic E-state index is 13.7. The smallest absolute Gasteiger partial charge is 0.201 e. The van der Waals surface area contributed by atoms with Crippen molar-refractivity contribution in [3.05, 3.63) is 11.1 Å². The number of carbonyl (C=O) groups excluding carboxylic acids is 1. The van der Waals surface area contributed by atoms with Crippen molar-refractivity contribution < 1.29 is 18.7 Å². The lowest BCUT2D eigenvalue weighted by Gasteiger charge is -2.54. The summed E-state index contributed by atoms with van der Waals surface area (Å²) in [5.41, 5.74) is 3.72. The van der Waals surface area contributed by atoms with Crippen LogP contribution in [0.15, 0.2) is 11.1 Å². The normalized spacial score (nSPS) is 29.3. The van der Waals surface area contributed by atoms with Crippen LogP contribution in [0.4, 0.5) is 0 Å². The third kappa shape index (κ3) is 3.68. The average Bonchev–Trinajstić information content (AvgIpc) is 3.10. The Kier molecular flexibility index (Phi) is 6.81. The quantitative estimate of drug-likeness (QED) is 0.369. The van der Waals surface area contributed by atoms with Gasteiger partial charge in [-0.25, -0.2) is 0 Å². The summed E-state index contributed by atoms with van der Waals surface area (Å²) in [4.78, 5) is 13.7. The van der Waals surface area contributed by atoms with Crippen LogP contribution < -0.4 is 0 Å². The molecule has 0 aromatic heterocycles. The van der Waals surface area contributed by atoms with E-state index in [-0.39, 0.29) is 17.1 Å². The molecule has 1 heterocycles. The van der Waals surface area contributed by atoms with Crippen LogP contribution in [0.5, 0.6) is 0 Å². The zero-order valence-corrected chi connectivity index (χ0v) is 21.8. The summed E-state index contributed by atoms with van der Waals surface area (Å²) in [5.74, 6) is -0.146. The second kappa shape index (κ2) is 8.46. The van der Waals surface area contributed by atoms with Crippen LogP contribution in [0.25, 0.3) is 0 Å². The summed E-state index contributed by atoms with van der Waals surface area (Å²) in [6.45, 7) is 21.8. The van der Waals surface area contributed by atoms with Crippen molar-refractivity contribution >= 4 is 14.1 Å². The highest BCUT2D eigenvalue weighted by molar-refractivity contribution is 6.77. The van der Waals surface area contributed by atoms with E-state index in [2.05, 4.69) is 62.3 Å². The van der Waals surface area contributed by atoms with Crippen LogP contribution in [0, 0.1) is 11.3 Å². The molecule has 5 heteroatoms. The first-order chi connectivity index (χ1) is 13.9. The van der Waals surface area contributed by atoms with Crippen LogP contribution in [-0.4, -0.2) is 39.2 Å². The minimum absolute atomic E-state index is 0.196. The van der Waals surface area contributed by atoms with Crippen molar-refractivity contribution in [1.29, 1.82) is 0 Å². The van der Waals surface area contributed by atoms with Gasteiger partial charge in [-0.05, 0) is 47.4 Å². The minimum Gasteiger partial charge on any atom is -0.402 e. The van der Waals surface area contributed by atoms with Crippen molar-refractivity contribution in [1.82, 2.24) is 0 Å². The summed E-state index contributed by atoms with van der Waals surface area (Å²) in [7, 11) is -2.20. The number of ether oxygens (including phenoxy) is 2. The lowest BCUT2D eigenvalue weighted by Crippen LogP contribution is -2.57. The Hall–Kier alpha value is -0.493. The number of rotatable bonds is 5. The van der Waals surface area contributed by atoms with Gasteiger partial charge in [0.2, 0.25) is 8.32 Å². The summed E-state index contributed by atoms with van der Waals surface area (Å²) in [6, 6.07) is 0. The van der Waals surface area contributed by atoms with Crippen LogP contribution >= 0.6 is 0 Å². The van der Waals surface area contributed by atoms with Crippen LogP contribution in [0.2, 0.25) is 16.6 Å². The molecule has 1 spiro atoms. The van der Waals surface area contributed by atoms with Gasteiger partial charge >= 0.3 is 0 Å². The molecule has 1 unspecified atom stereocenters. The number of hydrogen-bond acceptors (Lipinski definition) is 4. The van der Waals surface area contributed by atoms with Crippen molar-refractivity contribution in [3.63, 3.8) is 0 Å². The molecule has 4 nitrogen and oxygen atoms in total. The fourth-order valence-corrected chi connectivity index (χ4v) is 12.7. The fourth-order valence-electron chi connectivity index (χ4n) is 7.24. The molecule has 1 saturated carbocycles. The van der Waals surface area contributed by atoms with Crippen molar-refractivity contribution in [2.45, 2.75) is 117 Å². The molecular formula is C25H44O4Si. The molecule has 3 aliphatic rings. The van der Waals surface area contributed by atoms with Gasteiger partial charge in [0.15, 0.2) is 11.6 Å². The van der Waals surface area contributed by atoms with Crippen molar-refractivity contribution in [2.75, 3.05) is 13.2 Å². The van der Waals surface area contributed by atoms with E-state index >= 15 is 0 Å². The topological polar surface area (TPSA) is 44.8 Å². The monoisotopic (exact) mass is 436 g/mol. The zero-order chi connectivity index (χ0) is 22.5. The van der Waals surface area contributed by atoms with Gasteiger partial charge in [0.1, 0.15) is 6.10 Å². The molecule has 0 radical (unpaired) electrons. The molecule has 2 bridgehead atoms. The van der Waals surface area contributed by atoms with Gasteiger partial charge in [0, 0.05) is 18.8 Å². The number of carbonyl (C=O) groups is 1. The van der Waals surface area contributed by atoms with E-state index < -0.39 is 20.2 Å². The molecule has 3 rings (SSSR count). The number of fused-ring (bicyclic) bond motifs is 3. The summed E-state index contributed by atoms with van der Waals surface area (Å²) < 4.78 is 19.7. The summed E-state index contributed by atoms with van der Waals surface area (Å²) >= 11 is 0. The van der Waals surface area contributed by atoms with Gasteiger partial charge in [-0.15, -0.1) is 0 Å². The van der Waals surface area contributed by atoms with Crippen molar-refractivity contribution in [3.8, 4) is 0 Å². The Balaban J connectivity index is 2.11.